The molecule has 6 heteroatoms. The lowest BCUT2D eigenvalue weighted by molar-refractivity contribution is -0.139. The molecule has 1 aliphatic heterocycles. The lowest BCUT2D eigenvalue weighted by Crippen LogP contribution is -2.57. The van der Waals surface area contributed by atoms with Gasteiger partial charge >= 0.3 is 5.97 Å². The van der Waals surface area contributed by atoms with E-state index in [0.717, 1.165) is 18.4 Å². The summed E-state index contributed by atoms with van der Waals surface area (Å²) in [6.07, 6.45) is 2.07. The number of nitrogens with one attached hydrogen (secondary N) is 1. The van der Waals surface area contributed by atoms with E-state index in [1.807, 2.05) is 35.2 Å². The van der Waals surface area contributed by atoms with Crippen LogP contribution >= 0.6 is 0 Å². The number of aliphatic carboxylic acids is 1. The number of likely N-dealkylation sites (tertiary alicyclic amines) is 1. The van der Waals surface area contributed by atoms with Crippen molar-refractivity contribution in [3.8, 4) is 0 Å². The summed E-state index contributed by atoms with van der Waals surface area (Å²) < 4.78 is 0. The average molecular weight is 332 g/mol. The first-order valence-electron chi connectivity index (χ1n) is 8.29. The Morgan fingerprint density at radius 1 is 1.21 bits per heavy atom. The zero-order valence-corrected chi connectivity index (χ0v) is 13.9. The van der Waals surface area contributed by atoms with E-state index in [2.05, 4.69) is 5.32 Å². The minimum atomic E-state index is -0.986. The summed E-state index contributed by atoms with van der Waals surface area (Å²) in [5, 5.41) is 11.6. The number of carbonyl (C=O) groups is 3. The maximum atomic E-state index is 12.0. The van der Waals surface area contributed by atoms with Crippen molar-refractivity contribution in [3.05, 3.63) is 35.9 Å². The van der Waals surface area contributed by atoms with Crippen molar-refractivity contribution < 1.29 is 19.5 Å². The van der Waals surface area contributed by atoms with Crippen LogP contribution in [0.1, 0.15) is 38.2 Å². The fourth-order valence-corrected chi connectivity index (χ4v) is 3.22. The number of carboxylic acid groups (broad SMARTS) is 1. The number of nitrogens with zero attached hydrogens (tertiary/aromatic N) is 1. The molecule has 130 valence electrons. The second-order valence-electron chi connectivity index (χ2n) is 6.18. The van der Waals surface area contributed by atoms with Crippen molar-refractivity contribution in [3.63, 3.8) is 0 Å². The van der Waals surface area contributed by atoms with Gasteiger partial charge in [0.25, 0.3) is 0 Å². The van der Waals surface area contributed by atoms with Crippen molar-refractivity contribution >= 4 is 17.8 Å². The van der Waals surface area contributed by atoms with Crippen LogP contribution < -0.4 is 5.32 Å². The molecule has 0 spiro atoms. The molecule has 2 atom stereocenters. The molecule has 0 bridgehead atoms. The van der Waals surface area contributed by atoms with Crippen LogP contribution in [0, 0.1) is 0 Å². The third kappa shape index (κ3) is 5.08. The highest BCUT2D eigenvalue weighted by Gasteiger charge is 2.33. The Kier molecular flexibility index (Phi) is 6.35. The van der Waals surface area contributed by atoms with Crippen molar-refractivity contribution in [2.45, 2.75) is 51.1 Å². The molecule has 2 N–H and O–H groups in total. The Hall–Kier alpha value is -2.37. The van der Waals surface area contributed by atoms with Crippen LogP contribution in [0.25, 0.3) is 0 Å². The predicted octanol–water partition coefficient (Wildman–Crippen LogP) is 1.59. The van der Waals surface area contributed by atoms with Crippen LogP contribution in [-0.4, -0.2) is 46.4 Å². The van der Waals surface area contributed by atoms with E-state index in [1.165, 1.54) is 0 Å². The van der Waals surface area contributed by atoms with Gasteiger partial charge in [-0.2, -0.15) is 0 Å². The van der Waals surface area contributed by atoms with Gasteiger partial charge in [-0.25, -0.2) is 0 Å². The molecule has 1 aliphatic rings. The molecule has 0 aliphatic carbocycles. The smallest absolute Gasteiger partial charge is 0.303 e. The highest BCUT2D eigenvalue weighted by molar-refractivity contribution is 5.81. The van der Waals surface area contributed by atoms with Crippen molar-refractivity contribution in [1.82, 2.24) is 10.2 Å². The SMILES string of the molecule is CC(=O)N1CCC[C@H](NC(=O)CCC(=O)O)[C@@H]1Cc1ccccc1. The zero-order chi connectivity index (χ0) is 17.5. The van der Waals surface area contributed by atoms with Gasteiger partial charge in [0.1, 0.15) is 0 Å². The average Bonchev–Trinajstić information content (AvgIpc) is 2.55. The Morgan fingerprint density at radius 3 is 2.54 bits per heavy atom. The molecule has 6 nitrogen and oxygen atoms in total. The van der Waals surface area contributed by atoms with Crippen molar-refractivity contribution in [2.75, 3.05) is 6.54 Å². The standard InChI is InChI=1S/C18H24N2O4/c1-13(21)20-11-5-8-15(19-17(22)9-10-18(23)24)16(20)12-14-6-3-2-4-7-14/h2-4,6-7,15-16H,5,8-12H2,1H3,(H,19,22)(H,23,24)/t15-,16-/m0/s1. The molecule has 1 fully saturated rings. The van der Waals surface area contributed by atoms with E-state index >= 15 is 0 Å². The summed E-state index contributed by atoms with van der Waals surface area (Å²) in [6.45, 7) is 2.24. The summed E-state index contributed by atoms with van der Waals surface area (Å²) in [4.78, 5) is 36.4. The quantitative estimate of drug-likeness (QED) is 0.828. The molecule has 1 saturated heterocycles. The summed E-state index contributed by atoms with van der Waals surface area (Å²) in [5.74, 6) is -1.26. The second-order valence-corrected chi connectivity index (χ2v) is 6.18. The van der Waals surface area contributed by atoms with Gasteiger partial charge < -0.3 is 15.3 Å². The van der Waals surface area contributed by atoms with Gasteiger partial charge in [0.15, 0.2) is 0 Å². The lowest BCUT2D eigenvalue weighted by atomic mass is 9.90. The van der Waals surface area contributed by atoms with Crippen molar-refractivity contribution in [2.24, 2.45) is 0 Å². The third-order valence-corrected chi connectivity index (χ3v) is 4.38. The summed E-state index contributed by atoms with van der Waals surface area (Å²) in [7, 11) is 0. The minimum Gasteiger partial charge on any atom is -0.481 e. The van der Waals surface area contributed by atoms with E-state index in [9.17, 15) is 14.4 Å². The summed E-state index contributed by atoms with van der Waals surface area (Å²) in [6, 6.07) is 9.62. The molecule has 0 unspecified atom stereocenters. The highest BCUT2D eigenvalue weighted by Crippen LogP contribution is 2.22. The van der Waals surface area contributed by atoms with Crippen LogP contribution in [0.2, 0.25) is 0 Å². The maximum absolute atomic E-state index is 12.0. The first-order chi connectivity index (χ1) is 11.5. The number of hydrogen-bond donors (Lipinski definition) is 2. The predicted molar refractivity (Wildman–Crippen MR) is 89.4 cm³/mol. The normalized spacial score (nSPS) is 20.5. The largest absolute Gasteiger partial charge is 0.481 e. The van der Waals surface area contributed by atoms with Crippen LogP contribution in [-0.2, 0) is 20.8 Å². The van der Waals surface area contributed by atoms with E-state index < -0.39 is 5.97 Å². The van der Waals surface area contributed by atoms with E-state index in [4.69, 9.17) is 5.11 Å². The van der Waals surface area contributed by atoms with Gasteiger partial charge in [0, 0.05) is 25.9 Å². The number of piperidine rings is 1. The van der Waals surface area contributed by atoms with E-state index in [0.29, 0.717) is 13.0 Å². The van der Waals surface area contributed by atoms with Gasteiger partial charge in [-0.1, -0.05) is 30.3 Å². The van der Waals surface area contributed by atoms with Gasteiger partial charge in [0.2, 0.25) is 11.8 Å². The van der Waals surface area contributed by atoms with E-state index in [-0.39, 0.29) is 36.7 Å². The molecule has 1 aromatic rings. The maximum Gasteiger partial charge on any atom is 0.303 e. The molecule has 1 heterocycles. The highest BCUT2D eigenvalue weighted by atomic mass is 16.4. The first kappa shape index (κ1) is 18.0. The molecular weight excluding hydrogens is 308 g/mol. The van der Waals surface area contributed by atoms with Gasteiger partial charge in [-0.15, -0.1) is 0 Å². The number of hydrogen-bond acceptors (Lipinski definition) is 3. The topological polar surface area (TPSA) is 86.7 Å². The van der Waals surface area contributed by atoms with Crippen molar-refractivity contribution in [1.29, 1.82) is 0 Å². The van der Waals surface area contributed by atoms with Crippen LogP contribution in [0.4, 0.5) is 0 Å². The minimum absolute atomic E-state index is 0.000385. The Labute approximate surface area is 141 Å². The van der Waals surface area contributed by atoms with Crippen LogP contribution in [0.15, 0.2) is 30.3 Å². The fraction of sp³-hybridized carbons (Fsp3) is 0.500. The monoisotopic (exact) mass is 332 g/mol. The molecule has 1 aromatic carbocycles. The zero-order valence-electron chi connectivity index (χ0n) is 13.9. The van der Waals surface area contributed by atoms with Gasteiger partial charge in [0.05, 0.1) is 12.5 Å². The molecule has 0 aromatic heterocycles. The summed E-state index contributed by atoms with van der Waals surface area (Å²) >= 11 is 0. The van der Waals surface area contributed by atoms with Crippen LogP contribution in [0.5, 0.6) is 0 Å². The fourth-order valence-electron chi connectivity index (χ4n) is 3.22. The molecular formula is C18H24N2O4. The Morgan fingerprint density at radius 2 is 1.92 bits per heavy atom. The molecule has 2 amide bonds. The number of rotatable bonds is 6. The summed E-state index contributed by atoms with van der Waals surface area (Å²) in [5.41, 5.74) is 1.11. The van der Waals surface area contributed by atoms with Gasteiger partial charge in [-0.3, -0.25) is 14.4 Å². The lowest BCUT2D eigenvalue weighted by Gasteiger charge is -2.41. The van der Waals surface area contributed by atoms with E-state index in [1.54, 1.807) is 6.92 Å². The Balaban J connectivity index is 2.09. The number of benzene rings is 1. The molecule has 0 radical (unpaired) electrons. The number of carbonyl (C=O) groups excluding carboxylic acids is 2. The molecule has 24 heavy (non-hydrogen) atoms. The Bertz CT molecular complexity index is 588. The first-order valence-corrected chi connectivity index (χ1v) is 8.29. The molecule has 0 saturated carbocycles. The van der Waals surface area contributed by atoms with Gasteiger partial charge in [-0.05, 0) is 24.8 Å². The number of amides is 2. The van der Waals surface area contributed by atoms with Crippen LogP contribution in [0.3, 0.4) is 0 Å². The second kappa shape index (κ2) is 8.47. The third-order valence-electron chi connectivity index (χ3n) is 4.38. The number of carboxylic acids is 1. The molecule has 2 rings (SSSR count).